The molecule has 31 heavy (non-hydrogen) atoms. The summed E-state index contributed by atoms with van der Waals surface area (Å²) in [5, 5.41) is 3.45. The molecule has 0 unspecified atom stereocenters. The van der Waals surface area contributed by atoms with Gasteiger partial charge < -0.3 is 15.0 Å². The van der Waals surface area contributed by atoms with Gasteiger partial charge in [-0.2, -0.15) is 0 Å². The summed E-state index contributed by atoms with van der Waals surface area (Å²) in [6, 6.07) is 7.07. The first-order valence-corrected chi connectivity index (χ1v) is 11.7. The fourth-order valence-electron chi connectivity index (χ4n) is 5.26. The molecule has 1 aromatic rings. The molecule has 1 N–H and O–H groups in total. The molecule has 0 aromatic heterocycles. The Hall–Kier alpha value is -1.79. The van der Waals surface area contributed by atoms with Crippen LogP contribution in [0.1, 0.15) is 56.6 Å². The summed E-state index contributed by atoms with van der Waals surface area (Å²) in [6.07, 6.45) is 7.81. The van der Waals surface area contributed by atoms with Gasteiger partial charge in [-0.15, -0.1) is 12.4 Å². The van der Waals surface area contributed by atoms with Crippen molar-refractivity contribution in [2.75, 3.05) is 37.7 Å². The zero-order valence-corrected chi connectivity index (χ0v) is 19.4. The molecule has 1 aliphatic carbocycles. The Kier molecular flexibility index (Phi) is 8.61. The molecular formula is C24H36ClN3O3. The van der Waals surface area contributed by atoms with E-state index in [-0.39, 0.29) is 24.4 Å². The van der Waals surface area contributed by atoms with Gasteiger partial charge in [0, 0.05) is 31.2 Å². The number of hydrogen-bond acceptors (Lipinski definition) is 4. The smallest absolute Gasteiger partial charge is 0.324 e. The van der Waals surface area contributed by atoms with Gasteiger partial charge in [0.1, 0.15) is 0 Å². The number of amides is 2. The summed E-state index contributed by atoms with van der Waals surface area (Å²) in [6.45, 7) is 5.94. The Balaban J connectivity index is 0.00000272. The second kappa shape index (κ2) is 11.2. The van der Waals surface area contributed by atoms with Crippen LogP contribution in [0.3, 0.4) is 0 Å². The number of nitrogens with one attached hydrogen (secondary N) is 1. The molecule has 6 nitrogen and oxygen atoms in total. The van der Waals surface area contributed by atoms with Crippen LogP contribution in [0.2, 0.25) is 0 Å². The van der Waals surface area contributed by atoms with Gasteiger partial charge in [0.05, 0.1) is 6.61 Å². The van der Waals surface area contributed by atoms with Crippen LogP contribution < -0.4 is 10.2 Å². The fourth-order valence-corrected chi connectivity index (χ4v) is 5.26. The minimum atomic E-state index is -0.0819. The number of nitrogens with zero attached hydrogens (tertiary/aromatic N) is 2. The summed E-state index contributed by atoms with van der Waals surface area (Å²) in [7, 11) is 0. The van der Waals surface area contributed by atoms with Crippen molar-refractivity contribution in [2.45, 2.75) is 64.3 Å². The van der Waals surface area contributed by atoms with E-state index < -0.39 is 0 Å². The lowest BCUT2D eigenvalue weighted by Gasteiger charge is -2.34. The topological polar surface area (TPSA) is 61.9 Å². The number of urea groups is 1. The highest BCUT2D eigenvalue weighted by atomic mass is 35.5. The zero-order valence-electron chi connectivity index (χ0n) is 18.6. The zero-order chi connectivity index (χ0) is 20.9. The van der Waals surface area contributed by atoms with Crippen molar-refractivity contribution in [1.29, 1.82) is 0 Å². The third kappa shape index (κ3) is 5.72. The highest BCUT2D eigenvalue weighted by Gasteiger charge is 2.36. The van der Waals surface area contributed by atoms with E-state index in [4.69, 9.17) is 4.74 Å². The molecule has 2 amide bonds. The summed E-state index contributed by atoms with van der Waals surface area (Å²) >= 11 is 0. The average Bonchev–Trinajstić information content (AvgIpc) is 2.99. The number of ether oxygens (including phenoxy) is 1. The number of esters is 1. The van der Waals surface area contributed by atoms with Crippen LogP contribution in [0.15, 0.2) is 18.2 Å². The molecule has 2 aliphatic heterocycles. The van der Waals surface area contributed by atoms with E-state index in [2.05, 4.69) is 28.4 Å². The molecule has 0 bridgehead atoms. The number of hydrogen-bond donors (Lipinski definition) is 1. The van der Waals surface area contributed by atoms with Gasteiger partial charge in [0.2, 0.25) is 0 Å². The molecule has 0 spiro atoms. The van der Waals surface area contributed by atoms with Crippen molar-refractivity contribution in [3.05, 3.63) is 29.3 Å². The van der Waals surface area contributed by atoms with E-state index in [1.54, 1.807) is 0 Å². The lowest BCUT2D eigenvalue weighted by atomic mass is 9.83. The second-order valence-electron chi connectivity index (χ2n) is 8.85. The fraction of sp³-hybridized carbons (Fsp3) is 0.667. The maximum absolute atomic E-state index is 13.2. The van der Waals surface area contributed by atoms with Crippen LogP contribution in [0, 0.1) is 5.92 Å². The molecule has 0 radical (unpaired) electrons. The summed E-state index contributed by atoms with van der Waals surface area (Å²) in [5.41, 5.74) is 3.84. The lowest BCUT2D eigenvalue weighted by molar-refractivity contribution is -0.143. The molecule has 1 saturated carbocycles. The maximum atomic E-state index is 13.2. The van der Waals surface area contributed by atoms with Crippen molar-refractivity contribution in [3.63, 3.8) is 0 Å². The van der Waals surface area contributed by atoms with Crippen LogP contribution in [0.5, 0.6) is 0 Å². The molecule has 1 saturated heterocycles. The molecule has 3 aliphatic rings. The minimum Gasteiger partial charge on any atom is -0.466 e. The highest BCUT2D eigenvalue weighted by Crippen LogP contribution is 2.33. The van der Waals surface area contributed by atoms with Gasteiger partial charge in [-0.1, -0.05) is 6.07 Å². The first kappa shape index (κ1) is 23.9. The normalized spacial score (nSPS) is 23.7. The predicted octanol–water partition coefficient (Wildman–Crippen LogP) is 3.94. The monoisotopic (exact) mass is 449 g/mol. The third-order valence-corrected chi connectivity index (χ3v) is 7.00. The first-order chi connectivity index (χ1) is 14.7. The average molecular weight is 450 g/mol. The summed E-state index contributed by atoms with van der Waals surface area (Å²) in [5.74, 6) is 0.499. The quantitative estimate of drug-likeness (QED) is 0.668. The Morgan fingerprint density at radius 2 is 1.84 bits per heavy atom. The molecular weight excluding hydrogens is 414 g/mol. The van der Waals surface area contributed by atoms with Gasteiger partial charge in [-0.3, -0.25) is 9.69 Å². The Morgan fingerprint density at radius 3 is 2.58 bits per heavy atom. The van der Waals surface area contributed by atoms with Gasteiger partial charge in [-0.05, 0) is 94.1 Å². The van der Waals surface area contributed by atoms with Crippen LogP contribution in [-0.4, -0.2) is 55.7 Å². The van der Waals surface area contributed by atoms with Crippen molar-refractivity contribution >= 4 is 30.1 Å². The standard InChI is InChI=1S/C24H35N3O3.ClH/c1-2-30-23(28)10-5-18-3-7-21(8-4-18)26-15-16-27(24(26)29)22-9-6-19-11-13-25-14-12-20(19)17-22;/h6,9,17-18,21,25H,2-5,7-8,10-16H2,1H3;1H. The van der Waals surface area contributed by atoms with E-state index in [1.165, 1.54) is 11.1 Å². The molecule has 2 fully saturated rings. The van der Waals surface area contributed by atoms with Gasteiger partial charge in [0.25, 0.3) is 0 Å². The van der Waals surface area contributed by atoms with E-state index in [9.17, 15) is 9.59 Å². The molecule has 1 aromatic carbocycles. The van der Waals surface area contributed by atoms with Crippen molar-refractivity contribution in [1.82, 2.24) is 10.2 Å². The van der Waals surface area contributed by atoms with Gasteiger partial charge in [-0.25, -0.2) is 4.79 Å². The first-order valence-electron chi connectivity index (χ1n) is 11.7. The van der Waals surface area contributed by atoms with Gasteiger partial charge >= 0.3 is 12.0 Å². The largest absolute Gasteiger partial charge is 0.466 e. The van der Waals surface area contributed by atoms with Crippen molar-refractivity contribution < 1.29 is 14.3 Å². The van der Waals surface area contributed by atoms with E-state index in [0.29, 0.717) is 25.0 Å². The number of carbonyl (C=O) groups excluding carboxylic acids is 2. The Labute approximate surface area is 192 Å². The van der Waals surface area contributed by atoms with E-state index in [1.807, 2.05) is 11.8 Å². The van der Waals surface area contributed by atoms with Crippen LogP contribution in [0.25, 0.3) is 0 Å². The highest BCUT2D eigenvalue weighted by molar-refractivity contribution is 5.94. The van der Waals surface area contributed by atoms with E-state index >= 15 is 0 Å². The number of benzene rings is 1. The van der Waals surface area contributed by atoms with Crippen molar-refractivity contribution in [3.8, 4) is 0 Å². The maximum Gasteiger partial charge on any atom is 0.324 e. The molecule has 4 rings (SSSR count). The molecule has 0 atom stereocenters. The van der Waals surface area contributed by atoms with Crippen LogP contribution in [-0.2, 0) is 22.4 Å². The molecule has 172 valence electrons. The SMILES string of the molecule is CCOC(=O)CCC1CCC(N2CCN(c3ccc4c(c3)CCNCC4)C2=O)CC1.Cl. The Bertz CT molecular complexity index is 764. The lowest BCUT2D eigenvalue weighted by Crippen LogP contribution is -2.41. The van der Waals surface area contributed by atoms with Gasteiger partial charge in [0.15, 0.2) is 0 Å². The number of carbonyl (C=O) groups is 2. The van der Waals surface area contributed by atoms with Crippen LogP contribution >= 0.6 is 12.4 Å². The third-order valence-electron chi connectivity index (χ3n) is 7.00. The Morgan fingerprint density at radius 1 is 1.10 bits per heavy atom. The number of halogens is 1. The molecule has 7 heteroatoms. The predicted molar refractivity (Wildman–Crippen MR) is 125 cm³/mol. The number of fused-ring (bicyclic) bond motifs is 1. The summed E-state index contributed by atoms with van der Waals surface area (Å²) < 4.78 is 5.04. The second-order valence-corrected chi connectivity index (χ2v) is 8.85. The summed E-state index contributed by atoms with van der Waals surface area (Å²) in [4.78, 5) is 28.8. The molecule has 2 heterocycles. The minimum absolute atomic E-state index is 0. The van der Waals surface area contributed by atoms with Crippen molar-refractivity contribution in [2.24, 2.45) is 5.92 Å². The van der Waals surface area contributed by atoms with E-state index in [0.717, 1.165) is 76.8 Å². The van der Waals surface area contributed by atoms with Crippen LogP contribution in [0.4, 0.5) is 10.5 Å². The number of rotatable bonds is 6. The number of anilines is 1.